The highest BCUT2D eigenvalue weighted by Crippen LogP contribution is 2.32. The van der Waals surface area contributed by atoms with Crippen molar-refractivity contribution in [3.8, 4) is 5.75 Å². The monoisotopic (exact) mass is 307 g/mol. The molecule has 122 valence electrons. The Hall–Kier alpha value is -2.04. The van der Waals surface area contributed by atoms with Crippen molar-refractivity contribution in [1.82, 2.24) is 0 Å². The number of aliphatic carboxylic acids is 1. The third kappa shape index (κ3) is 4.48. The quantitative estimate of drug-likeness (QED) is 0.876. The fourth-order valence-electron chi connectivity index (χ4n) is 2.01. The van der Waals surface area contributed by atoms with E-state index in [1.54, 1.807) is 19.1 Å². The van der Waals surface area contributed by atoms with Crippen LogP contribution < -0.4 is 9.64 Å². The highest BCUT2D eigenvalue weighted by atomic mass is 16.5. The van der Waals surface area contributed by atoms with E-state index in [2.05, 4.69) is 0 Å². The lowest BCUT2D eigenvalue weighted by molar-refractivity contribution is -0.140. The molecule has 0 radical (unpaired) electrons. The Labute approximate surface area is 131 Å². The van der Waals surface area contributed by atoms with Crippen molar-refractivity contribution in [2.75, 3.05) is 18.1 Å². The zero-order valence-electron chi connectivity index (χ0n) is 13.9. The summed E-state index contributed by atoms with van der Waals surface area (Å²) in [7, 11) is 0. The van der Waals surface area contributed by atoms with Crippen molar-refractivity contribution in [1.29, 1.82) is 0 Å². The maximum atomic E-state index is 12.8. The van der Waals surface area contributed by atoms with Gasteiger partial charge in [0, 0.05) is 12.0 Å². The predicted octanol–water partition coefficient (Wildman–Crippen LogP) is 3.19. The van der Waals surface area contributed by atoms with Crippen molar-refractivity contribution < 1.29 is 19.4 Å². The van der Waals surface area contributed by atoms with Gasteiger partial charge in [0.15, 0.2) is 0 Å². The van der Waals surface area contributed by atoms with E-state index < -0.39 is 17.3 Å². The smallest absolute Gasteiger partial charge is 0.308 e. The number of carbonyl (C=O) groups is 2. The average Bonchev–Trinajstić information content (AvgIpc) is 2.44. The second kappa shape index (κ2) is 7.29. The molecule has 0 fully saturated rings. The number of para-hydroxylation sites is 2. The zero-order chi connectivity index (χ0) is 16.9. The third-order valence-corrected chi connectivity index (χ3v) is 3.22. The fourth-order valence-corrected chi connectivity index (χ4v) is 2.01. The van der Waals surface area contributed by atoms with Crippen LogP contribution in [0.15, 0.2) is 24.3 Å². The van der Waals surface area contributed by atoms with Gasteiger partial charge < -0.3 is 14.7 Å². The molecule has 0 saturated heterocycles. The minimum atomic E-state index is -0.930. The molecule has 0 aromatic heterocycles. The topological polar surface area (TPSA) is 66.8 Å². The van der Waals surface area contributed by atoms with E-state index in [1.807, 2.05) is 39.8 Å². The Morgan fingerprint density at radius 3 is 2.36 bits per heavy atom. The van der Waals surface area contributed by atoms with Crippen molar-refractivity contribution in [2.45, 2.75) is 34.6 Å². The van der Waals surface area contributed by atoms with Crippen molar-refractivity contribution in [2.24, 2.45) is 11.3 Å². The van der Waals surface area contributed by atoms with Gasteiger partial charge in [-0.25, -0.2) is 0 Å². The molecule has 1 amide bonds. The van der Waals surface area contributed by atoms with Crippen LogP contribution in [0.25, 0.3) is 0 Å². The number of carboxylic acids is 1. The van der Waals surface area contributed by atoms with Crippen LogP contribution in [0, 0.1) is 11.3 Å². The molecule has 0 aliphatic heterocycles. The average molecular weight is 307 g/mol. The van der Waals surface area contributed by atoms with Gasteiger partial charge >= 0.3 is 5.97 Å². The van der Waals surface area contributed by atoms with Gasteiger partial charge in [-0.2, -0.15) is 0 Å². The summed E-state index contributed by atoms with van der Waals surface area (Å²) in [6.45, 7) is 9.49. The lowest BCUT2D eigenvalue weighted by Crippen LogP contribution is -2.43. The molecule has 1 aromatic rings. The van der Waals surface area contributed by atoms with E-state index in [-0.39, 0.29) is 12.5 Å². The molecule has 1 atom stereocenters. The predicted molar refractivity (Wildman–Crippen MR) is 86.2 cm³/mol. The molecular formula is C17H25NO4. The summed E-state index contributed by atoms with van der Waals surface area (Å²) in [4.78, 5) is 25.5. The lowest BCUT2D eigenvalue weighted by Gasteiger charge is -2.31. The van der Waals surface area contributed by atoms with Gasteiger partial charge in [-0.15, -0.1) is 0 Å². The summed E-state index contributed by atoms with van der Waals surface area (Å²) in [6.07, 6.45) is 0. The second-order valence-corrected chi connectivity index (χ2v) is 6.31. The van der Waals surface area contributed by atoms with Gasteiger partial charge in [-0.3, -0.25) is 9.59 Å². The molecule has 5 nitrogen and oxygen atoms in total. The van der Waals surface area contributed by atoms with Gasteiger partial charge in [-0.05, 0) is 19.1 Å². The Balaban J connectivity index is 3.26. The highest BCUT2D eigenvalue weighted by molar-refractivity contribution is 5.98. The van der Waals surface area contributed by atoms with Gasteiger partial charge in [0.2, 0.25) is 5.91 Å². The Morgan fingerprint density at radius 2 is 1.86 bits per heavy atom. The number of hydrogen-bond acceptors (Lipinski definition) is 3. The first-order valence-electron chi connectivity index (χ1n) is 7.45. The zero-order valence-corrected chi connectivity index (χ0v) is 13.9. The van der Waals surface area contributed by atoms with Crippen LogP contribution in [-0.2, 0) is 9.59 Å². The first-order chi connectivity index (χ1) is 10.2. The number of hydrogen-bond donors (Lipinski definition) is 1. The molecule has 1 rings (SSSR count). The number of carboxylic acid groups (broad SMARTS) is 1. The second-order valence-electron chi connectivity index (χ2n) is 6.31. The lowest BCUT2D eigenvalue weighted by atomic mass is 9.93. The van der Waals surface area contributed by atoms with Crippen LogP contribution in [0.5, 0.6) is 5.75 Å². The van der Waals surface area contributed by atoms with Crippen LogP contribution in [0.3, 0.4) is 0 Å². The molecule has 1 unspecified atom stereocenters. The van der Waals surface area contributed by atoms with Gasteiger partial charge in [0.05, 0.1) is 18.2 Å². The molecule has 0 heterocycles. The number of benzene rings is 1. The van der Waals surface area contributed by atoms with Crippen molar-refractivity contribution in [3.63, 3.8) is 0 Å². The highest BCUT2D eigenvalue weighted by Gasteiger charge is 2.31. The normalized spacial score (nSPS) is 12.6. The first-order valence-corrected chi connectivity index (χ1v) is 7.45. The van der Waals surface area contributed by atoms with Gasteiger partial charge in [0.1, 0.15) is 5.75 Å². The molecule has 1 N–H and O–H groups in total. The summed E-state index contributed by atoms with van der Waals surface area (Å²) >= 11 is 0. The van der Waals surface area contributed by atoms with E-state index >= 15 is 0 Å². The summed E-state index contributed by atoms with van der Waals surface area (Å²) in [5.74, 6) is -1.14. The van der Waals surface area contributed by atoms with E-state index in [0.29, 0.717) is 18.0 Å². The number of rotatable bonds is 6. The first kappa shape index (κ1) is 18.0. The maximum absolute atomic E-state index is 12.8. The summed E-state index contributed by atoms with van der Waals surface area (Å²) in [5.41, 5.74) is -0.00486. The Bertz CT molecular complexity index is 534. The minimum Gasteiger partial charge on any atom is -0.492 e. The number of ether oxygens (including phenoxy) is 1. The number of anilines is 1. The number of nitrogens with zero attached hydrogens (tertiary/aromatic N) is 1. The largest absolute Gasteiger partial charge is 0.492 e. The molecule has 0 spiro atoms. The molecule has 1 aromatic carbocycles. The fraction of sp³-hybridized carbons (Fsp3) is 0.529. The van der Waals surface area contributed by atoms with E-state index in [0.717, 1.165) is 0 Å². The summed E-state index contributed by atoms with van der Waals surface area (Å²) in [5, 5.41) is 9.17. The molecule has 0 aliphatic rings. The van der Waals surface area contributed by atoms with Crippen LogP contribution >= 0.6 is 0 Å². The summed E-state index contributed by atoms with van der Waals surface area (Å²) in [6, 6.07) is 7.21. The summed E-state index contributed by atoms with van der Waals surface area (Å²) < 4.78 is 5.58. The molecule has 0 aliphatic carbocycles. The SMILES string of the molecule is CCOc1ccccc1N(CC(C)C(=O)O)C(=O)C(C)(C)C. The van der Waals surface area contributed by atoms with Gasteiger partial charge in [0.25, 0.3) is 0 Å². The van der Waals surface area contributed by atoms with Crippen LogP contribution in [0.1, 0.15) is 34.6 Å². The van der Waals surface area contributed by atoms with Gasteiger partial charge in [-0.1, -0.05) is 39.8 Å². The molecule has 0 bridgehead atoms. The van der Waals surface area contributed by atoms with Crippen LogP contribution in [0.4, 0.5) is 5.69 Å². The minimum absolute atomic E-state index is 0.107. The number of amides is 1. The standard InChI is InChI=1S/C17H25NO4/c1-6-22-14-10-8-7-9-13(14)18(11-12(2)15(19)20)16(21)17(3,4)5/h7-10,12H,6,11H2,1-5H3,(H,19,20). The van der Waals surface area contributed by atoms with Crippen LogP contribution in [0.2, 0.25) is 0 Å². The maximum Gasteiger partial charge on any atom is 0.308 e. The Morgan fingerprint density at radius 1 is 1.27 bits per heavy atom. The molecular weight excluding hydrogens is 282 g/mol. The van der Waals surface area contributed by atoms with Crippen LogP contribution in [-0.4, -0.2) is 30.1 Å². The third-order valence-electron chi connectivity index (χ3n) is 3.22. The molecule has 22 heavy (non-hydrogen) atoms. The van der Waals surface area contributed by atoms with Crippen molar-refractivity contribution in [3.05, 3.63) is 24.3 Å². The molecule has 5 heteroatoms. The Kier molecular flexibility index (Phi) is 5.97. The van der Waals surface area contributed by atoms with E-state index in [1.165, 1.54) is 4.90 Å². The van der Waals surface area contributed by atoms with E-state index in [9.17, 15) is 9.59 Å². The molecule has 0 saturated carbocycles. The number of carbonyl (C=O) groups excluding carboxylic acids is 1. The van der Waals surface area contributed by atoms with Crippen molar-refractivity contribution >= 4 is 17.6 Å². The van der Waals surface area contributed by atoms with E-state index in [4.69, 9.17) is 9.84 Å².